The van der Waals surface area contributed by atoms with Crippen LogP contribution in [0.25, 0.3) is 0 Å². The zero-order chi connectivity index (χ0) is 24.1. The molecule has 0 atom stereocenters. The Morgan fingerprint density at radius 3 is 2.56 bits per heavy atom. The number of ether oxygens (including phenoxy) is 3. The second-order valence-corrected chi connectivity index (χ2v) is 8.67. The summed E-state index contributed by atoms with van der Waals surface area (Å²) in [5.74, 6) is 1.50. The lowest BCUT2D eigenvalue weighted by molar-refractivity contribution is -0.385. The lowest BCUT2D eigenvalue weighted by Crippen LogP contribution is -2.16. The van der Waals surface area contributed by atoms with Gasteiger partial charge in [-0.1, -0.05) is 12.1 Å². The molecule has 3 aromatic carbocycles. The molecule has 34 heavy (non-hydrogen) atoms. The van der Waals surface area contributed by atoms with Crippen molar-refractivity contribution in [1.29, 1.82) is 0 Å². The third-order valence-electron chi connectivity index (χ3n) is 4.78. The number of benzene rings is 3. The molecule has 0 aliphatic carbocycles. The van der Waals surface area contributed by atoms with E-state index in [4.69, 9.17) is 14.2 Å². The molecular weight excluding hydrogens is 464 g/mol. The number of nitro benzene ring substituents is 1. The summed E-state index contributed by atoms with van der Waals surface area (Å²) in [6.07, 6.45) is 1.46. The monoisotopic (exact) mass is 484 g/mol. The van der Waals surface area contributed by atoms with Gasteiger partial charge in [0.05, 0.1) is 29.6 Å². The van der Waals surface area contributed by atoms with Crippen LogP contribution < -0.4 is 24.4 Å². The molecule has 1 heterocycles. The second kappa shape index (κ2) is 9.67. The Morgan fingerprint density at radius 1 is 1.03 bits per heavy atom. The number of nitro groups is 1. The van der Waals surface area contributed by atoms with Crippen LogP contribution in [0.1, 0.15) is 5.56 Å². The highest BCUT2D eigenvalue weighted by Gasteiger charge is 2.24. The van der Waals surface area contributed by atoms with Crippen LogP contribution in [0, 0.1) is 10.1 Å². The fourth-order valence-corrected chi connectivity index (χ4v) is 4.43. The highest BCUT2D eigenvalue weighted by molar-refractivity contribution is 7.93. The standard InChI is InChI=1S/C22H20N4O7S/c1-31-19-5-3-2-4-17(19)25-34(29,30)22-13-16(26(27)28)7-8-18(22)24-23-14-15-6-9-20-21(12-15)33-11-10-32-20/h2-9,12-14,24-25H,10-11H2,1H3/b23-14-. The van der Waals surface area contributed by atoms with Crippen LogP contribution in [-0.4, -0.2) is 39.9 Å². The summed E-state index contributed by atoms with van der Waals surface area (Å²) in [5.41, 5.74) is 3.17. The van der Waals surface area contributed by atoms with Gasteiger partial charge in [0.1, 0.15) is 23.9 Å². The number of fused-ring (bicyclic) bond motifs is 1. The Bertz CT molecular complexity index is 1360. The number of methoxy groups -OCH3 is 1. The molecule has 4 rings (SSSR count). The minimum atomic E-state index is -4.25. The van der Waals surface area contributed by atoms with Crippen LogP contribution in [0.4, 0.5) is 17.1 Å². The van der Waals surface area contributed by atoms with E-state index in [2.05, 4.69) is 15.2 Å². The van der Waals surface area contributed by atoms with Crippen molar-refractivity contribution < 1.29 is 27.6 Å². The Hall–Kier alpha value is -4.32. The van der Waals surface area contributed by atoms with Crippen molar-refractivity contribution in [3.8, 4) is 17.2 Å². The van der Waals surface area contributed by atoms with Crippen molar-refractivity contribution in [2.75, 3.05) is 30.5 Å². The molecule has 0 spiro atoms. The van der Waals surface area contributed by atoms with Crippen LogP contribution in [0.3, 0.4) is 0 Å². The Kier molecular flexibility index (Phi) is 6.50. The summed E-state index contributed by atoms with van der Waals surface area (Å²) >= 11 is 0. The SMILES string of the molecule is COc1ccccc1NS(=O)(=O)c1cc([N+](=O)[O-])ccc1N/N=C\c1ccc2c(c1)OCCO2. The number of hydrogen-bond acceptors (Lipinski definition) is 9. The van der Waals surface area contributed by atoms with Crippen LogP contribution in [-0.2, 0) is 10.0 Å². The van der Waals surface area contributed by atoms with Crippen molar-refractivity contribution in [2.24, 2.45) is 5.10 Å². The van der Waals surface area contributed by atoms with Gasteiger partial charge in [0.25, 0.3) is 15.7 Å². The molecular formula is C22H20N4O7S. The average molecular weight is 484 g/mol. The number of hydrogen-bond donors (Lipinski definition) is 2. The molecule has 0 unspecified atom stereocenters. The van der Waals surface area contributed by atoms with Gasteiger partial charge in [-0.05, 0) is 42.0 Å². The third kappa shape index (κ3) is 5.02. The Morgan fingerprint density at radius 2 is 1.79 bits per heavy atom. The summed E-state index contributed by atoms with van der Waals surface area (Å²) in [6, 6.07) is 15.1. The molecule has 1 aliphatic heterocycles. The fourth-order valence-electron chi connectivity index (χ4n) is 3.18. The smallest absolute Gasteiger partial charge is 0.270 e. The molecule has 0 saturated carbocycles. The van der Waals surface area contributed by atoms with Crippen LogP contribution >= 0.6 is 0 Å². The maximum absolute atomic E-state index is 13.1. The van der Waals surface area contributed by atoms with Gasteiger partial charge in [-0.2, -0.15) is 5.10 Å². The van der Waals surface area contributed by atoms with E-state index in [1.807, 2.05) is 0 Å². The minimum Gasteiger partial charge on any atom is -0.495 e. The minimum absolute atomic E-state index is 0.0433. The quantitative estimate of drug-likeness (QED) is 0.281. The highest BCUT2D eigenvalue weighted by atomic mass is 32.2. The molecule has 0 saturated heterocycles. The molecule has 0 bridgehead atoms. The first kappa shape index (κ1) is 22.9. The van der Waals surface area contributed by atoms with E-state index >= 15 is 0 Å². The lowest BCUT2D eigenvalue weighted by Gasteiger charge is -2.18. The molecule has 0 radical (unpaired) electrons. The van der Waals surface area contributed by atoms with Gasteiger partial charge in [0.2, 0.25) is 0 Å². The molecule has 0 fully saturated rings. The highest BCUT2D eigenvalue weighted by Crippen LogP contribution is 2.32. The summed E-state index contributed by atoms with van der Waals surface area (Å²) < 4.78 is 44.9. The Labute approximate surface area is 195 Å². The van der Waals surface area contributed by atoms with Gasteiger partial charge < -0.3 is 14.2 Å². The average Bonchev–Trinajstić information content (AvgIpc) is 2.84. The summed E-state index contributed by atoms with van der Waals surface area (Å²) in [6.45, 7) is 0.914. The zero-order valence-electron chi connectivity index (χ0n) is 17.9. The van der Waals surface area contributed by atoms with Gasteiger partial charge in [0.15, 0.2) is 11.5 Å². The number of sulfonamides is 1. The van der Waals surface area contributed by atoms with Gasteiger partial charge >= 0.3 is 0 Å². The Balaban J connectivity index is 1.63. The zero-order valence-corrected chi connectivity index (χ0v) is 18.7. The number of rotatable bonds is 8. The molecule has 3 aromatic rings. The molecule has 176 valence electrons. The van der Waals surface area contributed by atoms with Crippen molar-refractivity contribution in [1.82, 2.24) is 0 Å². The normalized spacial score (nSPS) is 12.9. The van der Waals surface area contributed by atoms with Gasteiger partial charge in [-0.25, -0.2) is 8.42 Å². The number of nitrogens with one attached hydrogen (secondary N) is 2. The molecule has 0 aromatic heterocycles. The van der Waals surface area contributed by atoms with Gasteiger partial charge in [-0.15, -0.1) is 0 Å². The number of non-ortho nitro benzene ring substituents is 1. The van der Waals surface area contributed by atoms with E-state index in [0.29, 0.717) is 36.0 Å². The first-order chi connectivity index (χ1) is 16.4. The number of para-hydroxylation sites is 2. The molecule has 12 heteroatoms. The van der Waals surface area contributed by atoms with Crippen molar-refractivity contribution in [3.05, 3.63) is 76.3 Å². The predicted octanol–water partition coefficient (Wildman–Crippen LogP) is 3.62. The van der Waals surface area contributed by atoms with Gasteiger partial charge in [0, 0.05) is 12.1 Å². The topological polar surface area (TPSA) is 141 Å². The van der Waals surface area contributed by atoms with E-state index < -0.39 is 14.9 Å². The molecule has 11 nitrogen and oxygen atoms in total. The summed E-state index contributed by atoms with van der Waals surface area (Å²) in [4.78, 5) is 10.2. The third-order valence-corrected chi connectivity index (χ3v) is 6.19. The first-order valence-corrected chi connectivity index (χ1v) is 11.5. The van der Waals surface area contributed by atoms with Crippen LogP contribution in [0.5, 0.6) is 17.2 Å². The van der Waals surface area contributed by atoms with E-state index in [1.54, 1.807) is 36.4 Å². The van der Waals surface area contributed by atoms with E-state index in [-0.39, 0.29) is 22.0 Å². The van der Waals surface area contributed by atoms with E-state index in [1.165, 1.54) is 31.5 Å². The molecule has 0 amide bonds. The lowest BCUT2D eigenvalue weighted by atomic mass is 10.2. The number of hydrazone groups is 1. The predicted molar refractivity (Wildman–Crippen MR) is 126 cm³/mol. The van der Waals surface area contributed by atoms with Crippen LogP contribution in [0.15, 0.2) is 70.7 Å². The van der Waals surface area contributed by atoms with E-state index in [9.17, 15) is 18.5 Å². The van der Waals surface area contributed by atoms with E-state index in [0.717, 1.165) is 6.07 Å². The molecule has 2 N–H and O–H groups in total. The van der Waals surface area contributed by atoms with Crippen molar-refractivity contribution >= 4 is 33.3 Å². The first-order valence-electron chi connectivity index (χ1n) is 10.0. The number of nitrogens with zero attached hydrogens (tertiary/aromatic N) is 2. The largest absolute Gasteiger partial charge is 0.495 e. The maximum atomic E-state index is 13.1. The second-order valence-electron chi connectivity index (χ2n) is 7.02. The van der Waals surface area contributed by atoms with Crippen LogP contribution in [0.2, 0.25) is 0 Å². The van der Waals surface area contributed by atoms with Crippen molar-refractivity contribution in [3.63, 3.8) is 0 Å². The summed E-state index contributed by atoms with van der Waals surface area (Å²) in [7, 11) is -2.84. The fraction of sp³-hybridized carbons (Fsp3) is 0.136. The molecule has 1 aliphatic rings. The van der Waals surface area contributed by atoms with Crippen molar-refractivity contribution in [2.45, 2.75) is 4.90 Å². The summed E-state index contributed by atoms with van der Waals surface area (Å²) in [5, 5.41) is 15.4. The number of anilines is 2. The van der Waals surface area contributed by atoms with Gasteiger partial charge in [-0.3, -0.25) is 20.3 Å². The maximum Gasteiger partial charge on any atom is 0.270 e.